The van der Waals surface area contributed by atoms with E-state index in [0.717, 1.165) is 22.7 Å². The fraction of sp³-hybridized carbons (Fsp3) is 0.0714. The molecule has 0 aliphatic heterocycles. The average molecular weight is 389 g/mol. The predicted octanol–water partition coefficient (Wildman–Crippen LogP) is 7.59. The molecule has 0 aromatic heterocycles. The largest absolute Gasteiger partial charge is 0.356 e. The summed E-state index contributed by atoms with van der Waals surface area (Å²) in [6.07, 6.45) is 17.3. The van der Waals surface area contributed by atoms with Gasteiger partial charge in [0.15, 0.2) is 0 Å². The number of hydrogen-bond acceptors (Lipinski definition) is 2. The number of hydrogen-bond donors (Lipinski definition) is 2. The van der Waals surface area contributed by atoms with Crippen molar-refractivity contribution in [1.82, 2.24) is 0 Å². The van der Waals surface area contributed by atoms with Gasteiger partial charge in [-0.2, -0.15) is 0 Å². The molecule has 0 saturated heterocycles. The molecular weight excluding hydrogens is 364 g/mol. The maximum Gasteiger partial charge on any atom is 0.0385 e. The molecule has 30 heavy (non-hydrogen) atoms. The lowest BCUT2D eigenvalue weighted by Crippen LogP contribution is -1.94. The summed E-state index contributed by atoms with van der Waals surface area (Å²) >= 11 is 0. The van der Waals surface area contributed by atoms with Crippen LogP contribution in [0.4, 0.5) is 22.7 Å². The molecule has 2 N–H and O–H groups in total. The van der Waals surface area contributed by atoms with Crippen molar-refractivity contribution >= 4 is 22.7 Å². The SMILES string of the molecule is C1=CC(c2ccc(Nc3ccc(Nc4ccc(C5C=CC=C5)cc4)cc3)cc2)C=C1. The second kappa shape index (κ2) is 8.30. The van der Waals surface area contributed by atoms with Crippen LogP contribution in [0.5, 0.6) is 0 Å². The van der Waals surface area contributed by atoms with Crippen LogP contribution in [-0.2, 0) is 0 Å². The summed E-state index contributed by atoms with van der Waals surface area (Å²) in [6, 6.07) is 25.7. The Kier molecular flexibility index (Phi) is 5.05. The van der Waals surface area contributed by atoms with Crippen molar-refractivity contribution in [2.24, 2.45) is 0 Å². The maximum atomic E-state index is 3.47. The fourth-order valence-corrected chi connectivity index (χ4v) is 3.86. The zero-order valence-corrected chi connectivity index (χ0v) is 16.7. The second-order valence-electron chi connectivity index (χ2n) is 7.66. The molecule has 2 nitrogen and oxygen atoms in total. The lowest BCUT2D eigenvalue weighted by molar-refractivity contribution is 1.10. The van der Waals surface area contributed by atoms with Crippen LogP contribution >= 0.6 is 0 Å². The van der Waals surface area contributed by atoms with Gasteiger partial charge in [0, 0.05) is 34.6 Å². The Balaban J connectivity index is 1.20. The Labute approximate surface area is 178 Å². The number of nitrogens with one attached hydrogen (secondary N) is 2. The molecule has 0 fully saturated rings. The van der Waals surface area contributed by atoms with Gasteiger partial charge in [0.2, 0.25) is 0 Å². The van der Waals surface area contributed by atoms with E-state index in [9.17, 15) is 0 Å². The first kappa shape index (κ1) is 18.3. The first-order valence-electron chi connectivity index (χ1n) is 10.4. The highest BCUT2D eigenvalue weighted by Crippen LogP contribution is 2.27. The van der Waals surface area contributed by atoms with Crippen LogP contribution in [0, 0.1) is 0 Å². The van der Waals surface area contributed by atoms with Crippen molar-refractivity contribution in [3.63, 3.8) is 0 Å². The Morgan fingerprint density at radius 1 is 0.367 bits per heavy atom. The molecule has 0 saturated carbocycles. The van der Waals surface area contributed by atoms with E-state index in [2.05, 4.69) is 132 Å². The monoisotopic (exact) mass is 388 g/mol. The molecule has 0 bridgehead atoms. The molecule has 0 heterocycles. The quantitative estimate of drug-likeness (QED) is 0.454. The van der Waals surface area contributed by atoms with Gasteiger partial charge in [-0.15, -0.1) is 0 Å². The third-order valence-corrected chi connectivity index (χ3v) is 5.55. The minimum atomic E-state index is 0.407. The van der Waals surface area contributed by atoms with Crippen molar-refractivity contribution in [1.29, 1.82) is 0 Å². The summed E-state index contributed by atoms with van der Waals surface area (Å²) in [5.41, 5.74) is 6.97. The van der Waals surface area contributed by atoms with Crippen LogP contribution in [0.3, 0.4) is 0 Å². The van der Waals surface area contributed by atoms with Crippen molar-refractivity contribution < 1.29 is 0 Å². The van der Waals surface area contributed by atoms with Gasteiger partial charge >= 0.3 is 0 Å². The van der Waals surface area contributed by atoms with E-state index in [1.54, 1.807) is 0 Å². The summed E-state index contributed by atoms with van der Waals surface area (Å²) in [5, 5.41) is 6.95. The van der Waals surface area contributed by atoms with Gasteiger partial charge in [-0.25, -0.2) is 0 Å². The van der Waals surface area contributed by atoms with E-state index >= 15 is 0 Å². The smallest absolute Gasteiger partial charge is 0.0385 e. The number of allylic oxidation sites excluding steroid dienone is 8. The molecule has 0 unspecified atom stereocenters. The van der Waals surface area contributed by atoms with Gasteiger partial charge in [-0.3, -0.25) is 0 Å². The summed E-state index contributed by atoms with van der Waals surface area (Å²) in [4.78, 5) is 0. The first-order chi connectivity index (χ1) is 14.8. The molecule has 0 radical (unpaired) electrons. The van der Waals surface area contributed by atoms with E-state index in [1.165, 1.54) is 11.1 Å². The fourth-order valence-electron chi connectivity index (χ4n) is 3.86. The molecule has 2 aliphatic rings. The summed E-state index contributed by atoms with van der Waals surface area (Å²) < 4.78 is 0. The van der Waals surface area contributed by atoms with Crippen LogP contribution in [0.15, 0.2) is 121 Å². The normalized spacial score (nSPS) is 15.2. The first-order valence-corrected chi connectivity index (χ1v) is 10.4. The van der Waals surface area contributed by atoms with E-state index < -0.39 is 0 Å². The highest BCUT2D eigenvalue weighted by Gasteiger charge is 2.08. The molecular formula is C28H24N2. The van der Waals surface area contributed by atoms with Gasteiger partial charge in [-0.05, 0) is 59.7 Å². The number of anilines is 4. The molecule has 2 aliphatic carbocycles. The predicted molar refractivity (Wildman–Crippen MR) is 128 cm³/mol. The third-order valence-electron chi connectivity index (χ3n) is 5.55. The minimum absolute atomic E-state index is 0.407. The molecule has 3 aromatic carbocycles. The van der Waals surface area contributed by atoms with E-state index in [0.29, 0.717) is 11.8 Å². The van der Waals surface area contributed by atoms with Crippen LogP contribution in [0.1, 0.15) is 23.0 Å². The molecule has 2 heteroatoms. The molecule has 146 valence electrons. The Bertz CT molecular complexity index is 998. The summed E-state index contributed by atoms with van der Waals surface area (Å²) in [5.74, 6) is 0.814. The summed E-state index contributed by atoms with van der Waals surface area (Å²) in [6.45, 7) is 0. The maximum absolute atomic E-state index is 3.47. The van der Waals surface area contributed by atoms with Gasteiger partial charge in [0.1, 0.15) is 0 Å². The van der Waals surface area contributed by atoms with Crippen LogP contribution in [0.2, 0.25) is 0 Å². The van der Waals surface area contributed by atoms with Crippen molar-refractivity contribution in [2.45, 2.75) is 11.8 Å². The third kappa shape index (κ3) is 4.13. The standard InChI is InChI=1S/C28H24N2/c1-2-6-21(5-1)23-9-13-25(14-10-23)29-27-17-19-28(20-18-27)30-26-15-11-24(12-16-26)22-7-3-4-8-22/h1-22,29-30H. The average Bonchev–Trinajstić information content (AvgIpc) is 3.51. The highest BCUT2D eigenvalue weighted by molar-refractivity contribution is 5.66. The molecule has 0 spiro atoms. The molecule has 0 atom stereocenters. The zero-order chi connectivity index (χ0) is 20.2. The Hall–Kier alpha value is -3.78. The highest BCUT2D eigenvalue weighted by atomic mass is 14.9. The van der Waals surface area contributed by atoms with Crippen molar-refractivity contribution in [3.8, 4) is 0 Å². The van der Waals surface area contributed by atoms with Gasteiger partial charge in [0.05, 0.1) is 0 Å². The number of benzene rings is 3. The van der Waals surface area contributed by atoms with Crippen LogP contribution < -0.4 is 10.6 Å². The topological polar surface area (TPSA) is 24.1 Å². The lowest BCUT2D eigenvalue weighted by atomic mass is 10.0. The Morgan fingerprint density at radius 2 is 0.633 bits per heavy atom. The van der Waals surface area contributed by atoms with Crippen molar-refractivity contribution in [2.75, 3.05) is 10.6 Å². The zero-order valence-electron chi connectivity index (χ0n) is 16.7. The van der Waals surface area contributed by atoms with E-state index in [1.807, 2.05) is 0 Å². The van der Waals surface area contributed by atoms with Gasteiger partial charge in [-0.1, -0.05) is 72.9 Å². The van der Waals surface area contributed by atoms with Crippen LogP contribution in [0.25, 0.3) is 0 Å². The summed E-state index contributed by atoms with van der Waals surface area (Å²) in [7, 11) is 0. The lowest BCUT2D eigenvalue weighted by Gasteiger charge is -2.12. The minimum Gasteiger partial charge on any atom is -0.356 e. The second-order valence-corrected chi connectivity index (χ2v) is 7.66. The molecule has 0 amide bonds. The Morgan fingerprint density at radius 3 is 0.933 bits per heavy atom. The molecule has 3 aromatic rings. The van der Waals surface area contributed by atoms with Crippen LogP contribution in [-0.4, -0.2) is 0 Å². The van der Waals surface area contributed by atoms with Gasteiger partial charge in [0.25, 0.3) is 0 Å². The van der Waals surface area contributed by atoms with Crippen molar-refractivity contribution in [3.05, 3.63) is 133 Å². The van der Waals surface area contributed by atoms with E-state index in [-0.39, 0.29) is 0 Å². The number of rotatable bonds is 6. The molecule has 5 rings (SSSR count). The van der Waals surface area contributed by atoms with Gasteiger partial charge < -0.3 is 10.6 Å². The van der Waals surface area contributed by atoms with E-state index in [4.69, 9.17) is 0 Å².